The molecular formula is C25H43N3O5. The molecule has 3 amide bonds. The SMILES string of the molecule is C=CC(=O)NCCCCCCN1CCCC1=O.CC(=O)OCCCCCCN1CCCC1=O. The number of rotatable bonds is 15. The highest BCUT2D eigenvalue weighted by molar-refractivity contribution is 5.86. The number of ether oxygens (including phenoxy) is 1. The molecule has 8 nitrogen and oxygen atoms in total. The highest BCUT2D eigenvalue weighted by atomic mass is 16.5. The van der Waals surface area contributed by atoms with E-state index in [0.717, 1.165) is 103 Å². The van der Waals surface area contributed by atoms with Crippen LogP contribution in [0.4, 0.5) is 0 Å². The van der Waals surface area contributed by atoms with Gasteiger partial charge < -0.3 is 19.9 Å². The molecule has 2 fully saturated rings. The van der Waals surface area contributed by atoms with Crippen LogP contribution in [0.3, 0.4) is 0 Å². The maximum Gasteiger partial charge on any atom is 0.302 e. The van der Waals surface area contributed by atoms with Crippen LogP contribution in [0.1, 0.15) is 84.0 Å². The van der Waals surface area contributed by atoms with Crippen molar-refractivity contribution in [1.29, 1.82) is 0 Å². The van der Waals surface area contributed by atoms with Crippen molar-refractivity contribution in [1.82, 2.24) is 15.1 Å². The Labute approximate surface area is 199 Å². The smallest absolute Gasteiger partial charge is 0.302 e. The molecule has 0 atom stereocenters. The zero-order valence-electron chi connectivity index (χ0n) is 20.4. The number of likely N-dealkylation sites (tertiary alicyclic amines) is 2. The summed E-state index contributed by atoms with van der Waals surface area (Å²) in [7, 11) is 0. The Balaban J connectivity index is 0.000000331. The zero-order chi connectivity index (χ0) is 24.3. The topological polar surface area (TPSA) is 96.0 Å². The van der Waals surface area contributed by atoms with Gasteiger partial charge in [0.2, 0.25) is 17.7 Å². The average Bonchev–Trinajstić information content (AvgIpc) is 3.40. The lowest BCUT2D eigenvalue weighted by molar-refractivity contribution is -0.141. The monoisotopic (exact) mass is 465 g/mol. The minimum absolute atomic E-state index is 0.104. The fourth-order valence-electron chi connectivity index (χ4n) is 3.92. The van der Waals surface area contributed by atoms with Gasteiger partial charge in [-0.1, -0.05) is 25.8 Å². The summed E-state index contributed by atoms with van der Waals surface area (Å²) in [5, 5.41) is 2.75. The molecule has 0 unspecified atom stereocenters. The van der Waals surface area contributed by atoms with Crippen molar-refractivity contribution < 1.29 is 23.9 Å². The summed E-state index contributed by atoms with van der Waals surface area (Å²) in [6.07, 6.45) is 13.2. The largest absolute Gasteiger partial charge is 0.466 e. The second kappa shape index (κ2) is 18.1. The van der Waals surface area contributed by atoms with Gasteiger partial charge in [-0.15, -0.1) is 0 Å². The van der Waals surface area contributed by atoms with E-state index in [-0.39, 0.29) is 11.9 Å². The highest BCUT2D eigenvalue weighted by Crippen LogP contribution is 2.12. The number of hydrogen-bond acceptors (Lipinski definition) is 5. The minimum atomic E-state index is -0.206. The van der Waals surface area contributed by atoms with Crippen molar-refractivity contribution in [3.63, 3.8) is 0 Å². The summed E-state index contributed by atoms with van der Waals surface area (Å²) in [4.78, 5) is 47.8. The molecule has 188 valence electrons. The van der Waals surface area contributed by atoms with Gasteiger partial charge in [-0.3, -0.25) is 19.2 Å². The van der Waals surface area contributed by atoms with E-state index in [1.807, 2.05) is 9.80 Å². The summed E-state index contributed by atoms with van der Waals surface area (Å²) in [6.45, 7) is 9.73. The molecule has 0 bridgehead atoms. The van der Waals surface area contributed by atoms with Crippen LogP contribution >= 0.6 is 0 Å². The normalized spacial score (nSPS) is 15.3. The van der Waals surface area contributed by atoms with Gasteiger partial charge in [0, 0.05) is 52.5 Å². The van der Waals surface area contributed by atoms with Crippen molar-refractivity contribution in [2.45, 2.75) is 84.0 Å². The van der Waals surface area contributed by atoms with Crippen molar-refractivity contribution in [2.24, 2.45) is 0 Å². The van der Waals surface area contributed by atoms with Crippen LogP contribution in [0.5, 0.6) is 0 Å². The van der Waals surface area contributed by atoms with Crippen LogP contribution in [0.25, 0.3) is 0 Å². The summed E-state index contributed by atoms with van der Waals surface area (Å²) < 4.78 is 4.84. The first-order chi connectivity index (χ1) is 15.9. The van der Waals surface area contributed by atoms with Gasteiger partial charge in [0.05, 0.1) is 6.61 Å². The van der Waals surface area contributed by atoms with Crippen LogP contribution in [-0.4, -0.2) is 72.8 Å². The number of nitrogens with one attached hydrogen (secondary N) is 1. The third-order valence-electron chi connectivity index (χ3n) is 5.81. The molecule has 2 rings (SSSR count). The molecule has 2 aliphatic heterocycles. The van der Waals surface area contributed by atoms with Crippen molar-refractivity contribution in [3.05, 3.63) is 12.7 Å². The first kappa shape index (κ1) is 28.7. The van der Waals surface area contributed by atoms with Crippen molar-refractivity contribution >= 4 is 23.7 Å². The first-order valence-electron chi connectivity index (χ1n) is 12.5. The molecule has 0 aliphatic carbocycles. The molecule has 1 N–H and O–H groups in total. The van der Waals surface area contributed by atoms with E-state index in [1.165, 1.54) is 13.0 Å². The number of nitrogens with zero attached hydrogens (tertiary/aromatic N) is 2. The first-order valence-corrected chi connectivity index (χ1v) is 12.5. The molecule has 33 heavy (non-hydrogen) atoms. The van der Waals surface area contributed by atoms with Crippen LogP contribution in [0.15, 0.2) is 12.7 Å². The summed E-state index contributed by atoms with van der Waals surface area (Å²) in [5.74, 6) is 0.304. The maximum absolute atomic E-state index is 11.3. The van der Waals surface area contributed by atoms with E-state index < -0.39 is 0 Å². The van der Waals surface area contributed by atoms with Gasteiger partial charge >= 0.3 is 5.97 Å². The fraction of sp³-hybridized carbons (Fsp3) is 0.760. The van der Waals surface area contributed by atoms with Crippen LogP contribution in [0, 0.1) is 0 Å². The van der Waals surface area contributed by atoms with Gasteiger partial charge in [-0.25, -0.2) is 0 Å². The number of hydrogen-bond donors (Lipinski definition) is 1. The molecule has 0 saturated carbocycles. The van der Waals surface area contributed by atoms with Gasteiger partial charge in [-0.2, -0.15) is 0 Å². The molecule has 0 aromatic carbocycles. The molecular weight excluding hydrogens is 422 g/mol. The van der Waals surface area contributed by atoms with Gasteiger partial charge in [0.1, 0.15) is 0 Å². The third-order valence-corrected chi connectivity index (χ3v) is 5.81. The van der Waals surface area contributed by atoms with E-state index in [2.05, 4.69) is 11.9 Å². The highest BCUT2D eigenvalue weighted by Gasteiger charge is 2.19. The Kier molecular flexibility index (Phi) is 15.7. The second-order valence-corrected chi connectivity index (χ2v) is 8.63. The number of carbonyl (C=O) groups is 4. The predicted molar refractivity (Wildman–Crippen MR) is 128 cm³/mol. The van der Waals surface area contributed by atoms with E-state index in [9.17, 15) is 19.2 Å². The number of carbonyl (C=O) groups excluding carboxylic acids is 4. The van der Waals surface area contributed by atoms with Crippen LogP contribution in [0.2, 0.25) is 0 Å². The van der Waals surface area contributed by atoms with Gasteiger partial charge in [0.25, 0.3) is 0 Å². The number of amides is 3. The standard InChI is InChI=1S/C13H22N2O2.C12H21NO3/c1-2-12(16)14-9-5-3-4-6-10-15-11-7-8-13(15)17;1-11(14)16-10-5-3-2-4-8-13-9-6-7-12(13)15/h2H,1,3-11H2,(H,14,16);2-10H2,1H3. The summed E-state index contributed by atoms with van der Waals surface area (Å²) >= 11 is 0. The van der Waals surface area contributed by atoms with E-state index in [1.54, 1.807) is 0 Å². The molecule has 2 aliphatic rings. The number of unbranched alkanes of at least 4 members (excludes halogenated alkanes) is 6. The minimum Gasteiger partial charge on any atom is -0.466 e. The van der Waals surface area contributed by atoms with Crippen LogP contribution < -0.4 is 5.32 Å². The molecule has 2 saturated heterocycles. The Morgan fingerprint density at radius 1 is 0.879 bits per heavy atom. The van der Waals surface area contributed by atoms with Gasteiger partial charge in [-0.05, 0) is 51.0 Å². The molecule has 0 radical (unpaired) electrons. The Hall–Kier alpha value is -2.38. The van der Waals surface area contributed by atoms with E-state index in [0.29, 0.717) is 25.0 Å². The quantitative estimate of drug-likeness (QED) is 0.228. The van der Waals surface area contributed by atoms with Crippen molar-refractivity contribution in [3.8, 4) is 0 Å². The lowest BCUT2D eigenvalue weighted by Gasteiger charge is -2.14. The molecule has 8 heteroatoms. The van der Waals surface area contributed by atoms with Crippen LogP contribution in [-0.2, 0) is 23.9 Å². The second-order valence-electron chi connectivity index (χ2n) is 8.63. The zero-order valence-corrected chi connectivity index (χ0v) is 20.4. The van der Waals surface area contributed by atoms with E-state index >= 15 is 0 Å². The third kappa shape index (κ3) is 14.4. The lowest BCUT2D eigenvalue weighted by atomic mass is 10.2. The van der Waals surface area contributed by atoms with Crippen molar-refractivity contribution in [2.75, 3.05) is 39.3 Å². The Morgan fingerprint density at radius 2 is 1.39 bits per heavy atom. The average molecular weight is 466 g/mol. The molecule has 0 aromatic heterocycles. The Bertz CT molecular complexity index is 623. The summed E-state index contributed by atoms with van der Waals surface area (Å²) in [5.41, 5.74) is 0. The Morgan fingerprint density at radius 3 is 1.85 bits per heavy atom. The fourth-order valence-corrected chi connectivity index (χ4v) is 3.92. The molecule has 0 spiro atoms. The molecule has 0 aromatic rings. The summed E-state index contributed by atoms with van der Waals surface area (Å²) in [6, 6.07) is 0. The number of esters is 1. The lowest BCUT2D eigenvalue weighted by Crippen LogP contribution is -2.25. The molecule has 2 heterocycles. The maximum atomic E-state index is 11.3. The van der Waals surface area contributed by atoms with E-state index in [4.69, 9.17) is 4.74 Å². The van der Waals surface area contributed by atoms with Gasteiger partial charge in [0.15, 0.2) is 0 Å². The predicted octanol–water partition coefficient (Wildman–Crippen LogP) is 3.20.